The highest BCUT2D eigenvalue weighted by molar-refractivity contribution is 6.48. The Morgan fingerprint density at radius 3 is 2.24 bits per heavy atom. The summed E-state index contributed by atoms with van der Waals surface area (Å²) in [5.41, 5.74) is 4.71. The van der Waals surface area contributed by atoms with Gasteiger partial charge in [0.05, 0.1) is 18.0 Å². The molecule has 0 unspecified atom stereocenters. The van der Waals surface area contributed by atoms with Crippen molar-refractivity contribution in [1.29, 1.82) is 0 Å². The van der Waals surface area contributed by atoms with E-state index in [-0.39, 0.29) is 12.2 Å². The first-order chi connectivity index (χ1) is 18.6. The highest BCUT2D eigenvalue weighted by Crippen LogP contribution is 2.29. The highest BCUT2D eigenvalue weighted by atomic mass is 16.7. The molecule has 0 aromatic heterocycles. The van der Waals surface area contributed by atoms with Crippen LogP contribution in [-0.4, -0.2) is 49.5 Å². The van der Waals surface area contributed by atoms with E-state index in [4.69, 9.17) is 24.2 Å². The standard InChI is InChI=1S/C31H29N3O4/c1-36-29(37-2)17-18-38-25-15-13-24(14-16-25)28-21-34-30(26(32-28)19-22-9-5-3-6-10-22)33-27(31(34)35)20-23-11-7-4-8-12-23/h3-16,20-21,29H,17-19H2,1-2H3. The Hall–Kier alpha value is -4.33. The molecule has 7 nitrogen and oxygen atoms in total. The number of benzene rings is 3. The Labute approximate surface area is 222 Å². The first-order valence-corrected chi connectivity index (χ1v) is 12.5. The molecule has 0 spiro atoms. The summed E-state index contributed by atoms with van der Waals surface area (Å²) in [6.45, 7) is 0.465. The van der Waals surface area contributed by atoms with Crippen LogP contribution in [0.5, 0.6) is 5.75 Å². The number of methoxy groups -OCH3 is 2. The number of amidine groups is 1. The highest BCUT2D eigenvalue weighted by Gasteiger charge is 2.35. The minimum Gasteiger partial charge on any atom is -0.493 e. The molecule has 2 aliphatic heterocycles. The van der Waals surface area contributed by atoms with Crippen LogP contribution in [0, 0.1) is 0 Å². The average molecular weight is 508 g/mol. The van der Waals surface area contributed by atoms with Crippen LogP contribution in [0.3, 0.4) is 0 Å². The summed E-state index contributed by atoms with van der Waals surface area (Å²) < 4.78 is 16.2. The molecule has 0 aliphatic carbocycles. The molecule has 1 amide bonds. The number of amides is 1. The van der Waals surface area contributed by atoms with Gasteiger partial charge >= 0.3 is 0 Å². The number of carbonyl (C=O) groups excluding carboxylic acids is 1. The number of fused-ring (bicyclic) bond motifs is 1. The minimum atomic E-state index is -0.297. The van der Waals surface area contributed by atoms with Crippen molar-refractivity contribution in [3.05, 3.63) is 114 Å². The molecule has 3 aromatic carbocycles. The summed E-state index contributed by atoms with van der Waals surface area (Å²) >= 11 is 0. The smallest absolute Gasteiger partial charge is 0.282 e. The van der Waals surface area contributed by atoms with E-state index >= 15 is 0 Å². The van der Waals surface area contributed by atoms with Gasteiger partial charge in [0.25, 0.3) is 5.91 Å². The van der Waals surface area contributed by atoms with Crippen LogP contribution in [-0.2, 0) is 20.7 Å². The first-order valence-electron chi connectivity index (χ1n) is 12.5. The second-order valence-corrected chi connectivity index (χ2v) is 8.85. The van der Waals surface area contributed by atoms with Gasteiger partial charge in [0.1, 0.15) is 11.4 Å². The molecule has 2 aliphatic rings. The van der Waals surface area contributed by atoms with E-state index in [1.165, 1.54) is 0 Å². The fourth-order valence-corrected chi connectivity index (χ4v) is 4.28. The number of hydrogen-bond acceptors (Lipinski definition) is 6. The summed E-state index contributed by atoms with van der Waals surface area (Å²) in [6, 6.07) is 27.5. The van der Waals surface area contributed by atoms with Crippen LogP contribution >= 0.6 is 0 Å². The number of rotatable bonds is 10. The summed E-state index contributed by atoms with van der Waals surface area (Å²) in [7, 11) is 3.21. The van der Waals surface area contributed by atoms with Crippen molar-refractivity contribution >= 4 is 29.2 Å². The Morgan fingerprint density at radius 2 is 1.55 bits per heavy atom. The second kappa shape index (κ2) is 11.8. The lowest BCUT2D eigenvalue weighted by Crippen LogP contribution is -2.36. The molecule has 0 saturated heterocycles. The zero-order chi connectivity index (χ0) is 26.3. The maximum atomic E-state index is 13.4. The van der Waals surface area contributed by atoms with Crippen molar-refractivity contribution in [2.24, 2.45) is 9.98 Å². The van der Waals surface area contributed by atoms with E-state index in [1.54, 1.807) is 25.3 Å². The largest absolute Gasteiger partial charge is 0.493 e. The van der Waals surface area contributed by atoms with E-state index in [0.29, 0.717) is 36.7 Å². The van der Waals surface area contributed by atoms with Crippen molar-refractivity contribution in [3.63, 3.8) is 0 Å². The molecule has 0 N–H and O–H groups in total. The van der Waals surface area contributed by atoms with Crippen molar-refractivity contribution in [3.8, 4) is 5.75 Å². The summed E-state index contributed by atoms with van der Waals surface area (Å²) in [4.78, 5) is 24.7. The van der Waals surface area contributed by atoms with Gasteiger partial charge in [-0.05, 0) is 41.5 Å². The van der Waals surface area contributed by atoms with Crippen LogP contribution in [0.2, 0.25) is 0 Å². The van der Waals surface area contributed by atoms with Gasteiger partial charge in [-0.15, -0.1) is 0 Å². The molecule has 3 aromatic rings. The number of hydrogen-bond donors (Lipinski definition) is 0. The Balaban J connectivity index is 1.41. The monoisotopic (exact) mass is 507 g/mol. The third-order valence-corrected chi connectivity index (χ3v) is 6.27. The van der Waals surface area contributed by atoms with E-state index in [1.807, 2.05) is 91.0 Å². The van der Waals surface area contributed by atoms with Crippen LogP contribution < -0.4 is 4.74 Å². The SMILES string of the molecule is COC(CCOc1ccc(C2=CN3C(=O)C(=Cc4ccccc4)N=C3C(Cc3ccccc3)=N2)cc1)OC. The lowest BCUT2D eigenvalue weighted by Gasteiger charge is -2.22. The molecule has 38 heavy (non-hydrogen) atoms. The normalized spacial score (nSPS) is 15.9. The van der Waals surface area contributed by atoms with E-state index in [2.05, 4.69) is 0 Å². The zero-order valence-electron chi connectivity index (χ0n) is 21.4. The topological polar surface area (TPSA) is 72.7 Å². The summed E-state index contributed by atoms with van der Waals surface area (Å²) in [5.74, 6) is 1.13. The first kappa shape index (κ1) is 25.3. The van der Waals surface area contributed by atoms with E-state index in [0.717, 1.165) is 28.2 Å². The molecule has 0 atom stereocenters. The quantitative estimate of drug-likeness (QED) is 0.274. The average Bonchev–Trinajstić information content (AvgIpc) is 3.27. The fraction of sp³-hybridized carbons (Fsp3) is 0.194. The Kier molecular flexibility index (Phi) is 7.87. The van der Waals surface area contributed by atoms with Gasteiger partial charge in [-0.1, -0.05) is 60.7 Å². The minimum absolute atomic E-state index is 0.174. The van der Waals surface area contributed by atoms with E-state index in [9.17, 15) is 4.79 Å². The third-order valence-electron chi connectivity index (χ3n) is 6.27. The van der Waals surface area contributed by atoms with Crippen LogP contribution in [0.4, 0.5) is 0 Å². The Bertz CT molecular complexity index is 1390. The van der Waals surface area contributed by atoms with Gasteiger partial charge < -0.3 is 14.2 Å². The van der Waals surface area contributed by atoms with Crippen molar-refractivity contribution in [2.75, 3.05) is 20.8 Å². The van der Waals surface area contributed by atoms with Crippen molar-refractivity contribution in [2.45, 2.75) is 19.1 Å². The van der Waals surface area contributed by atoms with Gasteiger partial charge in [0.2, 0.25) is 0 Å². The van der Waals surface area contributed by atoms with Gasteiger partial charge in [-0.25, -0.2) is 9.98 Å². The molecule has 0 radical (unpaired) electrons. The van der Waals surface area contributed by atoms with Crippen LogP contribution in [0.15, 0.2) is 107 Å². The second-order valence-electron chi connectivity index (χ2n) is 8.85. The van der Waals surface area contributed by atoms with Gasteiger partial charge in [0, 0.05) is 38.8 Å². The van der Waals surface area contributed by atoms with Gasteiger partial charge in [-0.2, -0.15) is 0 Å². The maximum Gasteiger partial charge on any atom is 0.282 e. The molecular formula is C31H29N3O4. The Morgan fingerprint density at radius 1 is 0.868 bits per heavy atom. The number of carbonyl (C=O) groups is 1. The molecular weight excluding hydrogens is 478 g/mol. The lowest BCUT2D eigenvalue weighted by atomic mass is 10.0. The molecule has 2 heterocycles. The third kappa shape index (κ3) is 5.80. The molecule has 5 rings (SSSR count). The molecule has 0 fully saturated rings. The maximum absolute atomic E-state index is 13.4. The molecule has 192 valence electrons. The number of ether oxygens (including phenoxy) is 3. The zero-order valence-corrected chi connectivity index (χ0v) is 21.4. The lowest BCUT2D eigenvalue weighted by molar-refractivity contribution is -0.120. The van der Waals surface area contributed by atoms with Gasteiger partial charge in [-0.3, -0.25) is 9.69 Å². The fourth-order valence-electron chi connectivity index (χ4n) is 4.28. The molecule has 0 saturated carbocycles. The summed E-state index contributed by atoms with van der Waals surface area (Å²) in [6.07, 6.45) is 4.45. The predicted octanol–water partition coefficient (Wildman–Crippen LogP) is 5.35. The van der Waals surface area contributed by atoms with Crippen LogP contribution in [0.25, 0.3) is 11.8 Å². The van der Waals surface area contributed by atoms with Crippen molar-refractivity contribution in [1.82, 2.24) is 4.90 Å². The van der Waals surface area contributed by atoms with Crippen LogP contribution in [0.1, 0.15) is 23.1 Å². The van der Waals surface area contributed by atoms with Gasteiger partial charge in [0.15, 0.2) is 12.1 Å². The number of aliphatic imine (C=N–C) groups is 2. The molecule has 7 heteroatoms. The molecule has 0 bridgehead atoms. The van der Waals surface area contributed by atoms with E-state index < -0.39 is 0 Å². The predicted molar refractivity (Wildman–Crippen MR) is 149 cm³/mol. The number of nitrogens with zero attached hydrogens (tertiary/aromatic N) is 3. The van der Waals surface area contributed by atoms with Crippen molar-refractivity contribution < 1.29 is 19.0 Å². The summed E-state index contributed by atoms with van der Waals surface area (Å²) in [5, 5.41) is 0.